The van der Waals surface area contributed by atoms with E-state index in [-0.39, 0.29) is 17.5 Å². The molecule has 0 amide bonds. The standard InChI is InChI=1S/C15H21BrO2S.C6H12O2/c1-4-7-11(8-5-2)19-13-10-6-9-12(14(13)16)15(17)18-3;1-5(7)8-6(2,3)4/h6,9-11H,4-5,7-8H2,1-3H3;1-4H3. The van der Waals surface area contributed by atoms with Gasteiger partial charge >= 0.3 is 11.9 Å². The third-order valence-electron chi connectivity index (χ3n) is 3.33. The van der Waals surface area contributed by atoms with E-state index in [1.165, 1.54) is 39.7 Å². The van der Waals surface area contributed by atoms with E-state index in [2.05, 4.69) is 35.8 Å². The number of hydrogen-bond acceptors (Lipinski definition) is 5. The van der Waals surface area contributed by atoms with Gasteiger partial charge in [0.2, 0.25) is 0 Å². The normalized spacial score (nSPS) is 10.9. The zero-order chi connectivity index (χ0) is 21.0. The molecule has 27 heavy (non-hydrogen) atoms. The Morgan fingerprint density at radius 3 is 2.07 bits per heavy atom. The van der Waals surface area contributed by atoms with Crippen molar-refractivity contribution in [3.8, 4) is 0 Å². The molecule has 0 N–H and O–H groups in total. The highest BCUT2D eigenvalue weighted by molar-refractivity contribution is 9.10. The predicted molar refractivity (Wildman–Crippen MR) is 116 cm³/mol. The summed E-state index contributed by atoms with van der Waals surface area (Å²) in [6.45, 7) is 11.4. The van der Waals surface area contributed by atoms with E-state index in [9.17, 15) is 9.59 Å². The van der Waals surface area contributed by atoms with E-state index in [4.69, 9.17) is 9.47 Å². The molecule has 0 unspecified atom stereocenters. The van der Waals surface area contributed by atoms with E-state index >= 15 is 0 Å². The summed E-state index contributed by atoms with van der Waals surface area (Å²) in [6, 6.07) is 5.75. The van der Waals surface area contributed by atoms with Crippen molar-refractivity contribution in [2.45, 2.75) is 83.0 Å². The highest BCUT2D eigenvalue weighted by Crippen LogP contribution is 2.36. The van der Waals surface area contributed by atoms with Crippen LogP contribution in [0.4, 0.5) is 0 Å². The average Bonchev–Trinajstić information content (AvgIpc) is 2.55. The molecule has 0 fully saturated rings. The summed E-state index contributed by atoms with van der Waals surface area (Å²) in [4.78, 5) is 23.0. The molecule has 1 rings (SSSR count). The van der Waals surface area contributed by atoms with E-state index in [0.717, 1.165) is 9.37 Å². The lowest BCUT2D eigenvalue weighted by atomic mass is 10.2. The Morgan fingerprint density at radius 1 is 1.15 bits per heavy atom. The lowest BCUT2D eigenvalue weighted by Crippen LogP contribution is -2.21. The second kappa shape index (κ2) is 13.2. The van der Waals surface area contributed by atoms with Crippen LogP contribution in [0.2, 0.25) is 0 Å². The highest BCUT2D eigenvalue weighted by atomic mass is 79.9. The third kappa shape index (κ3) is 11.4. The van der Waals surface area contributed by atoms with Gasteiger partial charge in [-0.1, -0.05) is 32.8 Å². The second-order valence-corrected chi connectivity index (χ2v) is 9.27. The Bertz CT molecular complexity index is 590. The molecule has 0 saturated carbocycles. The molecule has 0 spiro atoms. The van der Waals surface area contributed by atoms with Crippen LogP contribution in [0.25, 0.3) is 0 Å². The minimum Gasteiger partial charge on any atom is -0.465 e. The van der Waals surface area contributed by atoms with Crippen LogP contribution in [0, 0.1) is 0 Å². The lowest BCUT2D eigenvalue weighted by molar-refractivity contribution is -0.151. The third-order valence-corrected chi connectivity index (χ3v) is 5.85. The smallest absolute Gasteiger partial charge is 0.339 e. The molecule has 154 valence electrons. The van der Waals surface area contributed by atoms with Gasteiger partial charge in [-0.15, -0.1) is 11.8 Å². The van der Waals surface area contributed by atoms with E-state index in [1.54, 1.807) is 6.07 Å². The van der Waals surface area contributed by atoms with Crippen molar-refractivity contribution < 1.29 is 19.1 Å². The van der Waals surface area contributed by atoms with Gasteiger partial charge in [-0.25, -0.2) is 4.79 Å². The van der Waals surface area contributed by atoms with E-state index < -0.39 is 0 Å². The van der Waals surface area contributed by atoms with Gasteiger partial charge in [0, 0.05) is 21.5 Å². The molecule has 4 nitrogen and oxygen atoms in total. The Hall–Kier alpha value is -1.01. The number of methoxy groups -OCH3 is 1. The molecule has 0 atom stereocenters. The number of esters is 2. The number of thioether (sulfide) groups is 1. The first-order valence-electron chi connectivity index (χ1n) is 9.28. The first-order chi connectivity index (χ1) is 12.6. The molecule has 0 aromatic heterocycles. The fourth-order valence-corrected chi connectivity index (χ4v) is 4.53. The molecule has 6 heteroatoms. The maximum Gasteiger partial charge on any atom is 0.339 e. The van der Waals surface area contributed by atoms with Crippen LogP contribution in [-0.4, -0.2) is 29.9 Å². The van der Waals surface area contributed by atoms with Gasteiger partial charge in [0.15, 0.2) is 0 Å². The number of carbonyl (C=O) groups is 2. The summed E-state index contributed by atoms with van der Waals surface area (Å²) in [5.74, 6) is -0.519. The number of rotatable bonds is 7. The molecule has 1 aromatic carbocycles. The van der Waals surface area contributed by atoms with Gasteiger partial charge in [0.05, 0.1) is 12.7 Å². The number of benzene rings is 1. The van der Waals surface area contributed by atoms with Crippen molar-refractivity contribution in [1.82, 2.24) is 0 Å². The average molecular weight is 461 g/mol. The van der Waals surface area contributed by atoms with Crippen LogP contribution >= 0.6 is 27.7 Å². The van der Waals surface area contributed by atoms with Crippen molar-refractivity contribution >= 4 is 39.6 Å². The topological polar surface area (TPSA) is 52.6 Å². The lowest BCUT2D eigenvalue weighted by Gasteiger charge is -2.17. The van der Waals surface area contributed by atoms with Gasteiger partial charge in [0.1, 0.15) is 5.60 Å². The summed E-state index contributed by atoms with van der Waals surface area (Å²) in [6.07, 6.45) is 4.78. The van der Waals surface area contributed by atoms with Crippen molar-refractivity contribution in [3.05, 3.63) is 28.2 Å². The molecule has 0 radical (unpaired) electrons. The van der Waals surface area contributed by atoms with Crippen LogP contribution in [-0.2, 0) is 14.3 Å². The molecule has 0 saturated heterocycles. The maximum atomic E-state index is 11.7. The fourth-order valence-electron chi connectivity index (χ4n) is 2.39. The van der Waals surface area contributed by atoms with E-state index in [0.29, 0.717) is 10.8 Å². The number of ether oxygens (including phenoxy) is 2. The van der Waals surface area contributed by atoms with Gasteiger partial charge in [-0.05, 0) is 61.7 Å². The predicted octanol–water partition coefficient (Wildman–Crippen LogP) is 6.64. The van der Waals surface area contributed by atoms with Crippen LogP contribution in [0.3, 0.4) is 0 Å². The molecule has 0 heterocycles. The number of hydrogen-bond donors (Lipinski definition) is 0. The molecule has 0 bridgehead atoms. The summed E-state index contributed by atoms with van der Waals surface area (Å²) in [5, 5.41) is 0.610. The Morgan fingerprint density at radius 2 is 1.70 bits per heavy atom. The van der Waals surface area contributed by atoms with Crippen molar-refractivity contribution in [3.63, 3.8) is 0 Å². The highest BCUT2D eigenvalue weighted by Gasteiger charge is 2.16. The number of carbonyl (C=O) groups excluding carboxylic acids is 2. The first-order valence-corrected chi connectivity index (χ1v) is 11.0. The second-order valence-electron chi connectivity index (χ2n) is 7.13. The zero-order valence-electron chi connectivity index (χ0n) is 17.6. The SMILES string of the molecule is CC(=O)OC(C)(C)C.CCCC(CCC)Sc1cccc(C(=O)OC)c1Br. The van der Waals surface area contributed by atoms with Gasteiger partial charge in [-0.3, -0.25) is 4.79 Å². The number of halogens is 1. The summed E-state index contributed by atoms with van der Waals surface area (Å²) >= 11 is 5.38. The van der Waals surface area contributed by atoms with Crippen LogP contribution in [0.5, 0.6) is 0 Å². The molecule has 0 aliphatic carbocycles. The molecule has 1 aromatic rings. The minimum absolute atomic E-state index is 0.225. The van der Waals surface area contributed by atoms with Crippen molar-refractivity contribution in [2.75, 3.05) is 7.11 Å². The first kappa shape index (κ1) is 26.0. The Kier molecular flexibility index (Phi) is 12.7. The van der Waals surface area contributed by atoms with E-state index in [1.807, 2.05) is 38.6 Å². The zero-order valence-corrected chi connectivity index (χ0v) is 20.0. The molecular formula is C21H33BrO4S. The van der Waals surface area contributed by atoms with Crippen molar-refractivity contribution in [1.29, 1.82) is 0 Å². The summed E-state index contributed by atoms with van der Waals surface area (Å²) in [7, 11) is 1.41. The molecular weight excluding hydrogens is 428 g/mol. The molecule has 0 aliphatic heterocycles. The quantitative estimate of drug-likeness (QED) is 0.336. The van der Waals surface area contributed by atoms with Gasteiger partial charge in [0.25, 0.3) is 0 Å². The summed E-state index contributed by atoms with van der Waals surface area (Å²) < 4.78 is 10.4. The minimum atomic E-state index is -0.328. The largest absolute Gasteiger partial charge is 0.465 e. The van der Waals surface area contributed by atoms with Gasteiger partial charge in [-0.2, -0.15) is 0 Å². The fraction of sp³-hybridized carbons (Fsp3) is 0.619. The van der Waals surface area contributed by atoms with Crippen LogP contribution in [0.1, 0.15) is 77.6 Å². The van der Waals surface area contributed by atoms with Crippen LogP contribution < -0.4 is 0 Å². The van der Waals surface area contributed by atoms with Gasteiger partial charge < -0.3 is 9.47 Å². The molecule has 0 aliphatic rings. The Balaban J connectivity index is 0.000000713. The van der Waals surface area contributed by atoms with Crippen molar-refractivity contribution in [2.24, 2.45) is 0 Å². The summed E-state index contributed by atoms with van der Waals surface area (Å²) in [5.41, 5.74) is 0.269. The maximum absolute atomic E-state index is 11.7. The monoisotopic (exact) mass is 460 g/mol. The Labute approximate surface area is 176 Å². The van der Waals surface area contributed by atoms with Crippen LogP contribution in [0.15, 0.2) is 27.6 Å².